The molecule has 0 bridgehead atoms. The number of hydrogen-bond acceptors (Lipinski definition) is 4. The van der Waals surface area contributed by atoms with Crippen molar-refractivity contribution in [2.75, 3.05) is 6.61 Å². The fourth-order valence-corrected chi connectivity index (χ4v) is 1.38. The minimum absolute atomic E-state index is 0.0536. The molecule has 4 nitrogen and oxygen atoms in total. The van der Waals surface area contributed by atoms with Gasteiger partial charge in [0.05, 0.1) is 13.0 Å². The highest BCUT2D eigenvalue weighted by Crippen LogP contribution is 2.24. The molecule has 0 spiro atoms. The molecule has 0 saturated heterocycles. The Balaban J connectivity index is 2.38. The van der Waals surface area contributed by atoms with Crippen LogP contribution in [0.4, 0.5) is 13.2 Å². The van der Waals surface area contributed by atoms with Crippen molar-refractivity contribution in [1.82, 2.24) is 0 Å². The number of hydrogen-bond donors (Lipinski definition) is 0. The van der Waals surface area contributed by atoms with Crippen molar-refractivity contribution in [3.8, 4) is 11.5 Å². The van der Waals surface area contributed by atoms with Gasteiger partial charge in [-0.1, -0.05) is 0 Å². The Labute approximate surface area is 120 Å². The summed E-state index contributed by atoms with van der Waals surface area (Å²) in [5.74, 6) is -0.394. The van der Waals surface area contributed by atoms with Gasteiger partial charge < -0.3 is 14.2 Å². The van der Waals surface area contributed by atoms with Gasteiger partial charge in [0.25, 0.3) is 0 Å². The van der Waals surface area contributed by atoms with Crippen LogP contribution in [0.25, 0.3) is 0 Å². The minimum atomic E-state index is -4.72. The number of alkyl halides is 3. The van der Waals surface area contributed by atoms with Gasteiger partial charge in [-0.15, -0.1) is 13.2 Å². The van der Waals surface area contributed by atoms with E-state index in [4.69, 9.17) is 9.47 Å². The molecule has 0 aliphatic carbocycles. The molecule has 0 amide bonds. The number of esters is 1. The van der Waals surface area contributed by atoms with E-state index in [2.05, 4.69) is 4.74 Å². The third-order valence-electron chi connectivity index (χ3n) is 2.05. The van der Waals surface area contributed by atoms with Crippen LogP contribution in [0, 0.1) is 0 Å². The van der Waals surface area contributed by atoms with Gasteiger partial charge in [-0.2, -0.15) is 0 Å². The number of rotatable bonds is 5. The summed E-state index contributed by atoms with van der Waals surface area (Å²) in [6.45, 7) is 5.34. The molecule has 0 saturated carbocycles. The first-order valence-corrected chi connectivity index (χ1v) is 6.26. The normalized spacial score (nSPS) is 11.9. The fraction of sp³-hybridized carbons (Fsp3) is 0.500. The van der Waals surface area contributed by atoms with E-state index in [1.54, 1.807) is 20.8 Å². The van der Waals surface area contributed by atoms with Crippen molar-refractivity contribution in [2.24, 2.45) is 0 Å². The average Bonchev–Trinajstić information content (AvgIpc) is 2.27. The van der Waals surface area contributed by atoms with Crippen LogP contribution in [0.3, 0.4) is 0 Å². The molecule has 0 fully saturated rings. The predicted molar refractivity (Wildman–Crippen MR) is 69.1 cm³/mol. The molecule has 1 rings (SSSR count). The first-order valence-electron chi connectivity index (χ1n) is 6.26. The van der Waals surface area contributed by atoms with Crippen molar-refractivity contribution in [1.29, 1.82) is 0 Å². The maximum absolute atomic E-state index is 12.0. The average molecular weight is 306 g/mol. The van der Waals surface area contributed by atoms with Gasteiger partial charge in [0.2, 0.25) is 0 Å². The maximum atomic E-state index is 12.0. The summed E-state index contributed by atoms with van der Waals surface area (Å²) in [4.78, 5) is 11.4. The van der Waals surface area contributed by atoms with E-state index in [1.807, 2.05) is 0 Å². The number of carbonyl (C=O) groups excluding carboxylic acids is 1. The Morgan fingerprint density at radius 1 is 1.05 bits per heavy atom. The molecule has 118 valence electrons. The zero-order chi connectivity index (χ0) is 16.1. The molecule has 0 radical (unpaired) electrons. The SMILES string of the molecule is CC(C)(C)OC(=O)CCOc1ccc(OC(F)(F)F)cc1. The zero-order valence-electron chi connectivity index (χ0n) is 12.0. The van der Waals surface area contributed by atoms with Crippen LogP contribution in [0.2, 0.25) is 0 Å². The van der Waals surface area contributed by atoms with Gasteiger partial charge >= 0.3 is 12.3 Å². The smallest absolute Gasteiger partial charge is 0.493 e. The topological polar surface area (TPSA) is 44.8 Å². The van der Waals surface area contributed by atoms with E-state index in [-0.39, 0.29) is 18.8 Å². The van der Waals surface area contributed by atoms with E-state index in [0.29, 0.717) is 5.75 Å². The number of benzene rings is 1. The van der Waals surface area contributed by atoms with Crippen molar-refractivity contribution in [3.63, 3.8) is 0 Å². The van der Waals surface area contributed by atoms with Gasteiger partial charge in [-0.05, 0) is 45.0 Å². The van der Waals surface area contributed by atoms with Crippen LogP contribution in [0.15, 0.2) is 24.3 Å². The summed E-state index contributed by atoms with van der Waals surface area (Å²) in [5, 5.41) is 0. The van der Waals surface area contributed by atoms with E-state index < -0.39 is 17.9 Å². The lowest BCUT2D eigenvalue weighted by Gasteiger charge is -2.19. The van der Waals surface area contributed by atoms with Crippen LogP contribution in [0.1, 0.15) is 27.2 Å². The minimum Gasteiger partial charge on any atom is -0.493 e. The van der Waals surface area contributed by atoms with Gasteiger partial charge in [0.1, 0.15) is 17.1 Å². The molecular formula is C14H17F3O4. The summed E-state index contributed by atoms with van der Waals surface area (Å²) in [6.07, 6.45) is -4.67. The van der Waals surface area contributed by atoms with Gasteiger partial charge in [-0.3, -0.25) is 4.79 Å². The summed E-state index contributed by atoms with van der Waals surface area (Å²) in [7, 11) is 0. The quantitative estimate of drug-likeness (QED) is 0.778. The lowest BCUT2D eigenvalue weighted by Crippen LogP contribution is -2.24. The second-order valence-electron chi connectivity index (χ2n) is 5.20. The largest absolute Gasteiger partial charge is 0.573 e. The van der Waals surface area contributed by atoms with Crippen molar-refractivity contribution in [2.45, 2.75) is 39.2 Å². The molecule has 0 aliphatic rings. The van der Waals surface area contributed by atoms with Gasteiger partial charge in [0, 0.05) is 0 Å². The Hall–Kier alpha value is -1.92. The lowest BCUT2D eigenvalue weighted by atomic mass is 10.2. The Bertz CT molecular complexity index is 461. The van der Waals surface area contributed by atoms with Crippen molar-refractivity contribution >= 4 is 5.97 Å². The Morgan fingerprint density at radius 2 is 1.57 bits per heavy atom. The molecular weight excluding hydrogens is 289 g/mol. The summed E-state index contributed by atoms with van der Waals surface area (Å²) >= 11 is 0. The second-order valence-corrected chi connectivity index (χ2v) is 5.20. The number of carbonyl (C=O) groups is 1. The van der Waals surface area contributed by atoms with E-state index in [9.17, 15) is 18.0 Å². The first kappa shape index (κ1) is 17.1. The van der Waals surface area contributed by atoms with Gasteiger partial charge in [-0.25, -0.2) is 0 Å². The van der Waals surface area contributed by atoms with Crippen LogP contribution >= 0.6 is 0 Å². The molecule has 0 N–H and O–H groups in total. The lowest BCUT2D eigenvalue weighted by molar-refractivity contribution is -0.274. The van der Waals surface area contributed by atoms with Crippen LogP contribution in [-0.4, -0.2) is 24.5 Å². The second kappa shape index (κ2) is 6.69. The van der Waals surface area contributed by atoms with Gasteiger partial charge in [0.15, 0.2) is 0 Å². The molecule has 0 atom stereocenters. The molecule has 21 heavy (non-hydrogen) atoms. The highest BCUT2D eigenvalue weighted by molar-refractivity contribution is 5.69. The zero-order valence-corrected chi connectivity index (χ0v) is 12.0. The Morgan fingerprint density at radius 3 is 2.05 bits per heavy atom. The molecule has 1 aromatic carbocycles. The van der Waals surface area contributed by atoms with E-state index in [1.165, 1.54) is 12.1 Å². The highest BCUT2D eigenvalue weighted by atomic mass is 19.4. The van der Waals surface area contributed by atoms with Crippen LogP contribution in [-0.2, 0) is 9.53 Å². The number of halogens is 3. The fourth-order valence-electron chi connectivity index (χ4n) is 1.38. The molecule has 0 aliphatic heterocycles. The Kier molecular flexibility index (Phi) is 5.46. The summed E-state index contributed by atoms with van der Waals surface area (Å²) in [6, 6.07) is 4.93. The molecule has 0 heterocycles. The molecule has 7 heteroatoms. The standard InChI is InChI=1S/C14H17F3O4/c1-13(2,3)21-12(18)8-9-19-10-4-6-11(7-5-10)20-14(15,16)17/h4-7H,8-9H2,1-3H3. The van der Waals surface area contributed by atoms with E-state index >= 15 is 0 Å². The van der Waals surface area contributed by atoms with Crippen LogP contribution < -0.4 is 9.47 Å². The van der Waals surface area contributed by atoms with E-state index in [0.717, 1.165) is 12.1 Å². The first-order chi connectivity index (χ1) is 9.55. The van der Waals surface area contributed by atoms with Crippen molar-refractivity contribution in [3.05, 3.63) is 24.3 Å². The summed E-state index contributed by atoms with van der Waals surface area (Å²) < 4.78 is 49.9. The molecule has 0 unspecified atom stereocenters. The maximum Gasteiger partial charge on any atom is 0.573 e. The van der Waals surface area contributed by atoms with Crippen LogP contribution in [0.5, 0.6) is 11.5 Å². The number of ether oxygens (including phenoxy) is 3. The molecule has 0 aromatic heterocycles. The monoisotopic (exact) mass is 306 g/mol. The third-order valence-corrected chi connectivity index (χ3v) is 2.05. The predicted octanol–water partition coefficient (Wildman–Crippen LogP) is 3.70. The molecule has 1 aromatic rings. The van der Waals surface area contributed by atoms with Crippen molar-refractivity contribution < 1.29 is 32.2 Å². The summed E-state index contributed by atoms with van der Waals surface area (Å²) in [5.41, 5.74) is -0.562. The third kappa shape index (κ3) is 8.06. The highest BCUT2D eigenvalue weighted by Gasteiger charge is 2.30.